The Kier molecular flexibility index (Phi) is 5.18. The number of ether oxygens (including phenoxy) is 1. The Morgan fingerprint density at radius 3 is 2.67 bits per heavy atom. The van der Waals surface area contributed by atoms with Crippen LogP contribution in [0.15, 0.2) is 47.4 Å². The zero-order valence-electron chi connectivity index (χ0n) is 15.1. The Hall–Kier alpha value is -2.87. The first-order chi connectivity index (χ1) is 12.8. The van der Waals surface area contributed by atoms with Gasteiger partial charge >= 0.3 is 5.97 Å². The summed E-state index contributed by atoms with van der Waals surface area (Å²) in [6.07, 6.45) is 0.827. The number of aryl methyl sites for hydroxylation is 1. The van der Waals surface area contributed by atoms with E-state index in [2.05, 4.69) is 4.72 Å². The Balaban J connectivity index is 1.93. The summed E-state index contributed by atoms with van der Waals surface area (Å²) in [7, 11) is -2.24. The highest BCUT2D eigenvalue weighted by atomic mass is 32.2. The van der Waals surface area contributed by atoms with Gasteiger partial charge in [-0.05, 0) is 49.2 Å². The zero-order valence-corrected chi connectivity index (χ0v) is 15.9. The molecule has 1 aliphatic heterocycles. The number of hydrogen-bond acceptors (Lipinski definition) is 5. The maximum atomic E-state index is 12.8. The van der Waals surface area contributed by atoms with E-state index >= 15 is 0 Å². The monoisotopic (exact) mass is 388 g/mol. The average Bonchev–Trinajstić information content (AvgIpc) is 2.65. The molecule has 1 amide bonds. The molecule has 2 aromatic rings. The number of amides is 1. The van der Waals surface area contributed by atoms with Crippen LogP contribution in [0.4, 0.5) is 11.4 Å². The van der Waals surface area contributed by atoms with Crippen molar-refractivity contribution in [1.29, 1.82) is 0 Å². The summed E-state index contributed by atoms with van der Waals surface area (Å²) < 4.78 is 33.1. The van der Waals surface area contributed by atoms with Gasteiger partial charge in [0.1, 0.15) is 0 Å². The largest absolute Gasteiger partial charge is 0.462 e. The van der Waals surface area contributed by atoms with Crippen LogP contribution in [0, 0.1) is 0 Å². The number of benzene rings is 2. The molecule has 0 spiro atoms. The van der Waals surface area contributed by atoms with E-state index in [1.54, 1.807) is 38.2 Å². The average molecular weight is 388 g/mol. The molecule has 0 bridgehead atoms. The minimum Gasteiger partial charge on any atom is -0.462 e. The van der Waals surface area contributed by atoms with Crippen LogP contribution in [0.2, 0.25) is 0 Å². The number of carbonyl (C=O) groups is 2. The summed E-state index contributed by atoms with van der Waals surface area (Å²) in [5, 5.41) is 0. The molecule has 27 heavy (non-hydrogen) atoms. The number of rotatable bonds is 5. The molecule has 0 aromatic heterocycles. The molecule has 0 atom stereocenters. The summed E-state index contributed by atoms with van der Waals surface area (Å²) in [4.78, 5) is 25.4. The third-order valence-electron chi connectivity index (χ3n) is 4.37. The van der Waals surface area contributed by atoms with E-state index in [1.807, 2.05) is 0 Å². The molecule has 142 valence electrons. The third-order valence-corrected chi connectivity index (χ3v) is 5.73. The van der Waals surface area contributed by atoms with E-state index in [0.717, 1.165) is 5.56 Å². The Morgan fingerprint density at radius 1 is 1.19 bits per heavy atom. The smallest absolute Gasteiger partial charge is 0.340 e. The van der Waals surface area contributed by atoms with Crippen molar-refractivity contribution in [2.45, 2.75) is 24.7 Å². The van der Waals surface area contributed by atoms with E-state index in [4.69, 9.17) is 4.74 Å². The van der Waals surface area contributed by atoms with E-state index in [-0.39, 0.29) is 28.7 Å². The summed E-state index contributed by atoms with van der Waals surface area (Å²) in [5.41, 5.74) is 1.79. The minimum atomic E-state index is -3.91. The minimum absolute atomic E-state index is 0.000374. The van der Waals surface area contributed by atoms with Crippen molar-refractivity contribution in [2.24, 2.45) is 0 Å². The molecular weight excluding hydrogens is 368 g/mol. The Bertz CT molecular complexity index is 1000. The molecule has 8 heteroatoms. The summed E-state index contributed by atoms with van der Waals surface area (Å²) in [6, 6.07) is 10.9. The number of nitrogens with zero attached hydrogens (tertiary/aromatic N) is 1. The second-order valence-corrected chi connectivity index (χ2v) is 7.80. The van der Waals surface area contributed by atoms with Gasteiger partial charge in [-0.15, -0.1) is 0 Å². The fraction of sp³-hybridized carbons (Fsp3) is 0.263. The lowest BCUT2D eigenvalue weighted by molar-refractivity contribution is -0.118. The molecule has 0 radical (unpaired) electrons. The molecule has 0 unspecified atom stereocenters. The summed E-state index contributed by atoms with van der Waals surface area (Å²) >= 11 is 0. The molecule has 1 aliphatic rings. The molecule has 3 rings (SSSR count). The maximum absolute atomic E-state index is 12.8. The van der Waals surface area contributed by atoms with Gasteiger partial charge in [-0.2, -0.15) is 0 Å². The molecular formula is C19H20N2O5S. The van der Waals surface area contributed by atoms with Crippen LogP contribution in [0.5, 0.6) is 0 Å². The van der Waals surface area contributed by atoms with Gasteiger partial charge in [0.25, 0.3) is 10.0 Å². The van der Waals surface area contributed by atoms with Crippen LogP contribution in [-0.2, 0) is 26.0 Å². The number of carbonyl (C=O) groups excluding carboxylic acids is 2. The zero-order chi connectivity index (χ0) is 19.6. The highest BCUT2D eigenvalue weighted by molar-refractivity contribution is 7.92. The van der Waals surface area contributed by atoms with Crippen LogP contribution in [-0.4, -0.2) is 33.9 Å². The predicted molar refractivity (Wildman–Crippen MR) is 101 cm³/mol. The van der Waals surface area contributed by atoms with Crippen molar-refractivity contribution in [3.8, 4) is 0 Å². The summed E-state index contributed by atoms with van der Waals surface area (Å²) in [5.74, 6) is -0.596. The Morgan fingerprint density at radius 2 is 1.93 bits per heavy atom. The number of sulfonamides is 1. The molecule has 0 saturated carbocycles. The van der Waals surface area contributed by atoms with E-state index in [9.17, 15) is 18.0 Å². The van der Waals surface area contributed by atoms with Gasteiger partial charge in [-0.3, -0.25) is 9.52 Å². The topological polar surface area (TPSA) is 92.8 Å². The van der Waals surface area contributed by atoms with E-state index < -0.39 is 16.0 Å². The van der Waals surface area contributed by atoms with E-state index in [0.29, 0.717) is 18.5 Å². The van der Waals surface area contributed by atoms with Crippen molar-refractivity contribution in [1.82, 2.24) is 0 Å². The molecule has 0 saturated heterocycles. The highest BCUT2D eigenvalue weighted by Gasteiger charge is 2.24. The van der Waals surface area contributed by atoms with Gasteiger partial charge in [0.15, 0.2) is 0 Å². The van der Waals surface area contributed by atoms with Gasteiger partial charge in [-0.25, -0.2) is 13.2 Å². The molecule has 7 nitrogen and oxygen atoms in total. The SMILES string of the molecule is CCOC(=O)c1ccccc1NS(=O)(=O)c1ccc2c(c1)CCC(=O)N2C. The fourth-order valence-electron chi connectivity index (χ4n) is 2.96. The number of nitrogens with one attached hydrogen (secondary N) is 1. The van der Waals surface area contributed by atoms with Gasteiger partial charge in [0.2, 0.25) is 5.91 Å². The van der Waals surface area contributed by atoms with Gasteiger partial charge in [0.05, 0.1) is 22.8 Å². The molecule has 0 aliphatic carbocycles. The van der Waals surface area contributed by atoms with Crippen LogP contribution in [0.25, 0.3) is 0 Å². The molecule has 1 heterocycles. The van der Waals surface area contributed by atoms with Gasteiger partial charge in [-0.1, -0.05) is 12.1 Å². The normalized spacial score (nSPS) is 13.9. The first kappa shape index (κ1) is 18.9. The Labute approximate surface area is 158 Å². The van der Waals surface area contributed by atoms with Crippen LogP contribution >= 0.6 is 0 Å². The number of hydrogen-bond donors (Lipinski definition) is 1. The van der Waals surface area contributed by atoms with Gasteiger partial charge in [0, 0.05) is 19.2 Å². The van der Waals surface area contributed by atoms with Crippen LogP contribution < -0.4 is 9.62 Å². The fourth-order valence-corrected chi connectivity index (χ4v) is 4.09. The number of anilines is 2. The quantitative estimate of drug-likeness (QED) is 0.795. The first-order valence-corrected chi connectivity index (χ1v) is 10.00. The lowest BCUT2D eigenvalue weighted by Crippen LogP contribution is -2.31. The molecule has 0 fully saturated rings. The van der Waals surface area contributed by atoms with E-state index in [1.165, 1.54) is 23.1 Å². The second kappa shape index (κ2) is 7.40. The maximum Gasteiger partial charge on any atom is 0.340 e. The molecule has 2 aromatic carbocycles. The molecule has 1 N–H and O–H groups in total. The second-order valence-electron chi connectivity index (χ2n) is 6.11. The predicted octanol–water partition coefficient (Wildman–Crippen LogP) is 2.57. The van der Waals surface area contributed by atoms with Crippen molar-refractivity contribution < 1.29 is 22.7 Å². The van der Waals surface area contributed by atoms with Crippen LogP contribution in [0.1, 0.15) is 29.3 Å². The lowest BCUT2D eigenvalue weighted by atomic mass is 10.0. The van der Waals surface area contributed by atoms with Crippen molar-refractivity contribution in [3.05, 3.63) is 53.6 Å². The third kappa shape index (κ3) is 3.80. The van der Waals surface area contributed by atoms with Crippen molar-refractivity contribution in [2.75, 3.05) is 23.3 Å². The highest BCUT2D eigenvalue weighted by Crippen LogP contribution is 2.30. The lowest BCUT2D eigenvalue weighted by Gasteiger charge is -2.26. The standard InChI is InChI=1S/C19H20N2O5S/c1-3-26-19(23)15-6-4-5-7-16(15)20-27(24,25)14-9-10-17-13(12-14)8-11-18(22)21(17)2/h4-7,9-10,12,20H,3,8,11H2,1-2H3. The van der Waals surface area contributed by atoms with Crippen molar-refractivity contribution in [3.63, 3.8) is 0 Å². The number of fused-ring (bicyclic) bond motifs is 1. The first-order valence-electron chi connectivity index (χ1n) is 8.52. The number of esters is 1. The van der Waals surface area contributed by atoms with Crippen molar-refractivity contribution >= 4 is 33.3 Å². The van der Waals surface area contributed by atoms with Crippen LogP contribution in [0.3, 0.4) is 0 Å². The van der Waals surface area contributed by atoms with Gasteiger partial charge < -0.3 is 9.64 Å². The summed E-state index contributed by atoms with van der Waals surface area (Å²) in [6.45, 7) is 1.87. The number of para-hydroxylation sites is 1.